The molecule has 20 heavy (non-hydrogen) atoms. The number of nitriles is 1. The van der Waals surface area contributed by atoms with Crippen molar-refractivity contribution in [3.8, 4) is 6.07 Å². The van der Waals surface area contributed by atoms with E-state index in [1.807, 2.05) is 30.6 Å². The van der Waals surface area contributed by atoms with Crippen molar-refractivity contribution in [3.05, 3.63) is 35.0 Å². The van der Waals surface area contributed by atoms with E-state index in [1.165, 1.54) is 0 Å². The van der Waals surface area contributed by atoms with Crippen LogP contribution in [0.2, 0.25) is 0 Å². The predicted octanol–water partition coefficient (Wildman–Crippen LogP) is 2.04. The molecule has 6 heteroatoms. The lowest BCUT2D eigenvalue weighted by atomic mass is 10.2. The second-order valence-corrected chi connectivity index (χ2v) is 5.63. The normalized spacial score (nSPS) is 15.2. The molecule has 0 unspecified atom stereocenters. The fourth-order valence-corrected chi connectivity index (χ4v) is 3.07. The molecule has 1 fully saturated rings. The number of hydrogen-bond donors (Lipinski definition) is 0. The number of rotatable bonds is 2. The quantitative estimate of drug-likeness (QED) is 0.845. The van der Waals surface area contributed by atoms with Crippen molar-refractivity contribution in [1.82, 2.24) is 9.97 Å². The minimum Gasteiger partial charge on any atom is -0.353 e. The van der Waals surface area contributed by atoms with E-state index >= 15 is 0 Å². The Bertz CT molecular complexity index is 624. The molecule has 3 heterocycles. The first-order valence-electron chi connectivity index (χ1n) is 6.54. The molecule has 5 nitrogen and oxygen atoms in total. The summed E-state index contributed by atoms with van der Waals surface area (Å²) in [5, 5.41) is 12.1. The molecule has 2 aromatic rings. The first-order chi connectivity index (χ1) is 9.76. The molecule has 1 aliphatic rings. The third-order valence-electron chi connectivity index (χ3n) is 3.36. The zero-order valence-corrected chi connectivity index (χ0v) is 12.1. The van der Waals surface area contributed by atoms with Crippen molar-refractivity contribution >= 4 is 22.3 Å². The van der Waals surface area contributed by atoms with Crippen LogP contribution >= 0.6 is 11.3 Å². The number of piperazine rings is 1. The van der Waals surface area contributed by atoms with Gasteiger partial charge in [-0.05, 0) is 19.1 Å². The molecule has 0 saturated carbocycles. The smallest absolute Gasteiger partial charge is 0.185 e. The summed E-state index contributed by atoms with van der Waals surface area (Å²) in [4.78, 5) is 13.4. The van der Waals surface area contributed by atoms with E-state index in [1.54, 1.807) is 11.3 Å². The summed E-state index contributed by atoms with van der Waals surface area (Å²) in [5.41, 5.74) is 1.57. The number of anilines is 2. The van der Waals surface area contributed by atoms with Crippen LogP contribution in [0.15, 0.2) is 23.7 Å². The van der Waals surface area contributed by atoms with Crippen LogP contribution in [-0.2, 0) is 0 Å². The van der Waals surface area contributed by atoms with Crippen molar-refractivity contribution in [2.45, 2.75) is 6.92 Å². The van der Waals surface area contributed by atoms with Gasteiger partial charge in [-0.3, -0.25) is 0 Å². The third-order valence-corrected chi connectivity index (χ3v) is 4.19. The number of hydrogen-bond acceptors (Lipinski definition) is 6. The lowest BCUT2D eigenvalue weighted by Gasteiger charge is -2.35. The Morgan fingerprint density at radius 2 is 1.95 bits per heavy atom. The Morgan fingerprint density at radius 3 is 2.60 bits per heavy atom. The summed E-state index contributed by atoms with van der Waals surface area (Å²) < 4.78 is 0. The maximum atomic E-state index is 9.04. The van der Waals surface area contributed by atoms with E-state index in [0.29, 0.717) is 5.56 Å². The van der Waals surface area contributed by atoms with Crippen LogP contribution in [0, 0.1) is 18.3 Å². The van der Waals surface area contributed by atoms with Crippen LogP contribution in [0.5, 0.6) is 0 Å². The van der Waals surface area contributed by atoms with Gasteiger partial charge < -0.3 is 9.80 Å². The molecule has 0 amide bonds. The molecule has 0 atom stereocenters. The largest absolute Gasteiger partial charge is 0.353 e. The SMILES string of the molecule is Cc1cc(C#N)cc(N2CCN(c3nccs3)CC2)n1. The summed E-state index contributed by atoms with van der Waals surface area (Å²) in [7, 11) is 0. The zero-order valence-electron chi connectivity index (χ0n) is 11.3. The minimum atomic E-state index is 0.676. The molecule has 2 aromatic heterocycles. The van der Waals surface area contributed by atoms with Gasteiger partial charge >= 0.3 is 0 Å². The number of aryl methyl sites for hydroxylation is 1. The van der Waals surface area contributed by atoms with E-state index in [-0.39, 0.29) is 0 Å². The molecule has 0 spiro atoms. The first-order valence-corrected chi connectivity index (χ1v) is 7.42. The summed E-state index contributed by atoms with van der Waals surface area (Å²) in [6, 6.07) is 5.87. The monoisotopic (exact) mass is 285 g/mol. The van der Waals surface area contributed by atoms with E-state index in [0.717, 1.165) is 42.8 Å². The molecule has 1 aliphatic heterocycles. The Balaban J connectivity index is 1.72. The maximum Gasteiger partial charge on any atom is 0.185 e. The van der Waals surface area contributed by atoms with Crippen LogP contribution < -0.4 is 9.80 Å². The summed E-state index contributed by atoms with van der Waals surface area (Å²) in [6.45, 7) is 5.61. The van der Waals surface area contributed by atoms with Gasteiger partial charge in [0.25, 0.3) is 0 Å². The zero-order chi connectivity index (χ0) is 13.9. The highest BCUT2D eigenvalue weighted by Crippen LogP contribution is 2.21. The second-order valence-electron chi connectivity index (χ2n) is 4.76. The number of nitrogens with zero attached hydrogens (tertiary/aromatic N) is 5. The van der Waals surface area contributed by atoms with Gasteiger partial charge in [0.15, 0.2) is 5.13 Å². The Morgan fingerprint density at radius 1 is 1.20 bits per heavy atom. The van der Waals surface area contributed by atoms with E-state index < -0.39 is 0 Å². The van der Waals surface area contributed by atoms with Gasteiger partial charge in [-0.2, -0.15) is 5.26 Å². The van der Waals surface area contributed by atoms with E-state index in [9.17, 15) is 0 Å². The summed E-state index contributed by atoms with van der Waals surface area (Å²) in [6.07, 6.45) is 1.84. The molecular formula is C14H15N5S. The molecule has 0 aromatic carbocycles. The van der Waals surface area contributed by atoms with Crippen LogP contribution in [0.1, 0.15) is 11.3 Å². The molecule has 1 saturated heterocycles. The lowest BCUT2D eigenvalue weighted by molar-refractivity contribution is 0.645. The highest BCUT2D eigenvalue weighted by atomic mass is 32.1. The van der Waals surface area contributed by atoms with Crippen molar-refractivity contribution in [2.24, 2.45) is 0 Å². The molecule has 0 aliphatic carbocycles. The first kappa shape index (κ1) is 12.9. The van der Waals surface area contributed by atoms with Crippen LogP contribution in [0.4, 0.5) is 10.9 Å². The fraction of sp³-hybridized carbons (Fsp3) is 0.357. The fourth-order valence-electron chi connectivity index (χ4n) is 2.38. The third kappa shape index (κ3) is 2.58. The predicted molar refractivity (Wildman–Crippen MR) is 80.2 cm³/mol. The summed E-state index contributed by atoms with van der Waals surface area (Å²) in [5.74, 6) is 0.903. The van der Waals surface area contributed by atoms with Gasteiger partial charge in [-0.25, -0.2) is 9.97 Å². The van der Waals surface area contributed by atoms with Crippen molar-refractivity contribution < 1.29 is 0 Å². The molecule has 0 radical (unpaired) electrons. The topological polar surface area (TPSA) is 56.1 Å². The maximum absolute atomic E-state index is 9.04. The van der Waals surface area contributed by atoms with E-state index in [2.05, 4.69) is 25.8 Å². The molecule has 0 N–H and O–H groups in total. The lowest BCUT2D eigenvalue weighted by Crippen LogP contribution is -2.46. The van der Waals surface area contributed by atoms with Crippen LogP contribution in [-0.4, -0.2) is 36.1 Å². The Hall–Kier alpha value is -2.13. The highest BCUT2D eigenvalue weighted by Gasteiger charge is 2.20. The van der Waals surface area contributed by atoms with Crippen LogP contribution in [0.3, 0.4) is 0 Å². The minimum absolute atomic E-state index is 0.676. The van der Waals surface area contributed by atoms with Gasteiger partial charge in [0, 0.05) is 43.4 Å². The van der Waals surface area contributed by atoms with Gasteiger partial charge in [0.05, 0.1) is 11.6 Å². The Kier molecular flexibility index (Phi) is 3.52. The molecule has 0 bridgehead atoms. The van der Waals surface area contributed by atoms with E-state index in [4.69, 9.17) is 5.26 Å². The average molecular weight is 285 g/mol. The van der Waals surface area contributed by atoms with Crippen LogP contribution in [0.25, 0.3) is 0 Å². The van der Waals surface area contributed by atoms with Crippen molar-refractivity contribution in [2.75, 3.05) is 36.0 Å². The number of pyridine rings is 1. The standard InChI is InChI=1S/C14H15N5S/c1-11-8-12(10-15)9-13(17-11)18-3-5-19(6-4-18)14-16-2-7-20-14/h2,7-9H,3-6H2,1H3. The average Bonchev–Trinajstić information content (AvgIpc) is 3.01. The van der Waals surface area contributed by atoms with Gasteiger partial charge in [-0.1, -0.05) is 0 Å². The molecular weight excluding hydrogens is 270 g/mol. The summed E-state index contributed by atoms with van der Waals surface area (Å²) >= 11 is 1.67. The molecule has 102 valence electrons. The number of thiazole rings is 1. The van der Waals surface area contributed by atoms with Gasteiger partial charge in [0.1, 0.15) is 5.82 Å². The van der Waals surface area contributed by atoms with Gasteiger partial charge in [-0.15, -0.1) is 11.3 Å². The van der Waals surface area contributed by atoms with Crippen molar-refractivity contribution in [3.63, 3.8) is 0 Å². The van der Waals surface area contributed by atoms with Crippen molar-refractivity contribution in [1.29, 1.82) is 5.26 Å². The molecule has 3 rings (SSSR count). The Labute approximate surface area is 122 Å². The second kappa shape index (κ2) is 5.47. The highest BCUT2D eigenvalue weighted by molar-refractivity contribution is 7.13. The number of aromatic nitrogens is 2. The van der Waals surface area contributed by atoms with Gasteiger partial charge in [0.2, 0.25) is 0 Å².